The molecular formula is C14H15N5S. The molecule has 20 heavy (non-hydrogen) atoms. The number of hydrogen-bond acceptors (Lipinski definition) is 6. The molecule has 3 aromatic rings. The minimum absolute atomic E-state index is 0.265. The molecule has 0 bridgehead atoms. The number of nitrogen functional groups attached to an aromatic ring is 1. The van der Waals surface area contributed by atoms with E-state index in [4.69, 9.17) is 5.73 Å². The van der Waals surface area contributed by atoms with E-state index >= 15 is 0 Å². The number of fused-ring (bicyclic) bond motifs is 1. The Labute approximate surface area is 120 Å². The fourth-order valence-corrected chi connectivity index (χ4v) is 2.79. The van der Waals surface area contributed by atoms with Crippen molar-refractivity contribution in [3.8, 4) is 0 Å². The molecule has 6 heteroatoms. The van der Waals surface area contributed by atoms with Crippen LogP contribution >= 0.6 is 11.3 Å². The third kappa shape index (κ3) is 2.30. The average molecular weight is 285 g/mol. The largest absolute Gasteiger partial charge is 0.368 e. The summed E-state index contributed by atoms with van der Waals surface area (Å²) in [5.74, 6) is 0.995. The Kier molecular flexibility index (Phi) is 3.02. The Balaban J connectivity index is 2.07. The van der Waals surface area contributed by atoms with Gasteiger partial charge in [0.2, 0.25) is 5.95 Å². The van der Waals surface area contributed by atoms with Crippen molar-refractivity contribution in [2.75, 3.05) is 11.1 Å². The third-order valence-electron chi connectivity index (χ3n) is 3.02. The maximum Gasteiger partial charge on any atom is 0.222 e. The minimum Gasteiger partial charge on any atom is -0.368 e. The van der Waals surface area contributed by atoms with Gasteiger partial charge >= 0.3 is 0 Å². The molecule has 1 aromatic carbocycles. The number of para-hydroxylation sites is 1. The standard InChI is InChI=1S/C14H15N5S/c1-14(2,12-16-7-8-20-12)19-11-9-5-3-4-6-10(9)17-13(15)18-11/h3-8H,1-2H3,(H3,15,17,18,19). The zero-order chi connectivity index (χ0) is 14.2. The van der Waals surface area contributed by atoms with Gasteiger partial charge < -0.3 is 11.1 Å². The lowest BCUT2D eigenvalue weighted by Gasteiger charge is -2.25. The van der Waals surface area contributed by atoms with Gasteiger partial charge in [-0.15, -0.1) is 11.3 Å². The van der Waals surface area contributed by atoms with Gasteiger partial charge in [0, 0.05) is 17.0 Å². The Bertz CT molecular complexity index is 736. The Morgan fingerprint density at radius 2 is 2.00 bits per heavy atom. The molecule has 0 radical (unpaired) electrons. The van der Waals surface area contributed by atoms with Crippen LogP contribution in [0.5, 0.6) is 0 Å². The van der Waals surface area contributed by atoms with Crippen LogP contribution in [0.3, 0.4) is 0 Å². The predicted octanol–water partition coefficient (Wildman–Crippen LogP) is 3.02. The van der Waals surface area contributed by atoms with Gasteiger partial charge in [0.15, 0.2) is 0 Å². The van der Waals surface area contributed by atoms with Crippen molar-refractivity contribution in [3.63, 3.8) is 0 Å². The molecule has 0 atom stereocenters. The monoisotopic (exact) mass is 285 g/mol. The number of nitrogens with zero attached hydrogens (tertiary/aromatic N) is 3. The van der Waals surface area contributed by atoms with Crippen molar-refractivity contribution in [2.24, 2.45) is 0 Å². The summed E-state index contributed by atoms with van der Waals surface area (Å²) in [4.78, 5) is 12.9. The molecule has 0 unspecified atom stereocenters. The molecule has 0 aliphatic heterocycles. The van der Waals surface area contributed by atoms with Gasteiger partial charge in [0.05, 0.1) is 11.1 Å². The highest BCUT2D eigenvalue weighted by Crippen LogP contribution is 2.29. The molecule has 0 aliphatic carbocycles. The van der Waals surface area contributed by atoms with E-state index in [1.165, 1.54) is 0 Å². The summed E-state index contributed by atoms with van der Waals surface area (Å²) in [6.45, 7) is 4.14. The van der Waals surface area contributed by atoms with Crippen LogP contribution in [0.15, 0.2) is 35.8 Å². The van der Waals surface area contributed by atoms with E-state index in [0.717, 1.165) is 21.7 Å². The second-order valence-corrected chi connectivity index (χ2v) is 5.93. The lowest BCUT2D eigenvalue weighted by molar-refractivity contribution is 0.602. The molecule has 0 amide bonds. The van der Waals surface area contributed by atoms with Gasteiger partial charge in [0.25, 0.3) is 0 Å². The van der Waals surface area contributed by atoms with Crippen LogP contribution in [0.25, 0.3) is 10.9 Å². The second-order valence-electron chi connectivity index (χ2n) is 5.03. The first kappa shape index (κ1) is 12.8. The number of rotatable bonds is 3. The summed E-state index contributed by atoms with van der Waals surface area (Å²) in [6, 6.07) is 7.80. The van der Waals surface area contributed by atoms with Gasteiger partial charge in [-0.3, -0.25) is 0 Å². The summed E-state index contributed by atoms with van der Waals surface area (Å²) in [6.07, 6.45) is 1.80. The van der Waals surface area contributed by atoms with E-state index in [1.807, 2.05) is 29.6 Å². The van der Waals surface area contributed by atoms with Crippen LogP contribution in [0.4, 0.5) is 11.8 Å². The quantitative estimate of drug-likeness (QED) is 0.773. The van der Waals surface area contributed by atoms with Crippen molar-refractivity contribution in [2.45, 2.75) is 19.4 Å². The van der Waals surface area contributed by atoms with Gasteiger partial charge in [-0.2, -0.15) is 4.98 Å². The maximum absolute atomic E-state index is 5.79. The molecule has 2 heterocycles. The summed E-state index contributed by atoms with van der Waals surface area (Å²) in [5, 5.41) is 7.33. The van der Waals surface area contributed by atoms with Crippen LogP contribution in [0.1, 0.15) is 18.9 Å². The van der Waals surface area contributed by atoms with Crippen LogP contribution in [-0.4, -0.2) is 15.0 Å². The van der Waals surface area contributed by atoms with E-state index < -0.39 is 0 Å². The van der Waals surface area contributed by atoms with Gasteiger partial charge in [-0.25, -0.2) is 9.97 Å². The molecule has 0 saturated heterocycles. The third-order valence-corrected chi connectivity index (χ3v) is 4.12. The van der Waals surface area contributed by atoms with Crippen molar-refractivity contribution in [1.29, 1.82) is 0 Å². The number of anilines is 2. The average Bonchev–Trinajstić information content (AvgIpc) is 2.92. The second kappa shape index (κ2) is 4.72. The number of hydrogen-bond donors (Lipinski definition) is 2. The molecule has 5 nitrogen and oxygen atoms in total. The molecule has 0 aliphatic rings. The van der Waals surface area contributed by atoms with E-state index in [9.17, 15) is 0 Å². The first-order valence-electron chi connectivity index (χ1n) is 6.27. The number of benzene rings is 1. The minimum atomic E-state index is -0.322. The van der Waals surface area contributed by atoms with Crippen molar-refractivity contribution in [3.05, 3.63) is 40.8 Å². The van der Waals surface area contributed by atoms with Crippen LogP contribution in [0.2, 0.25) is 0 Å². The molecule has 0 spiro atoms. The highest BCUT2D eigenvalue weighted by Gasteiger charge is 2.24. The summed E-state index contributed by atoms with van der Waals surface area (Å²) in [7, 11) is 0. The SMILES string of the molecule is CC(C)(Nc1nc(N)nc2ccccc12)c1nccs1. The van der Waals surface area contributed by atoms with Crippen LogP contribution in [-0.2, 0) is 5.54 Å². The fraction of sp³-hybridized carbons (Fsp3) is 0.214. The summed E-state index contributed by atoms with van der Waals surface area (Å²) >= 11 is 1.61. The first-order valence-corrected chi connectivity index (χ1v) is 7.15. The van der Waals surface area contributed by atoms with Crippen molar-refractivity contribution in [1.82, 2.24) is 15.0 Å². The molecule has 0 fully saturated rings. The smallest absolute Gasteiger partial charge is 0.222 e. The molecular weight excluding hydrogens is 270 g/mol. The molecule has 2 aromatic heterocycles. The molecule has 0 saturated carbocycles. The van der Waals surface area contributed by atoms with E-state index in [1.54, 1.807) is 17.5 Å². The highest BCUT2D eigenvalue weighted by molar-refractivity contribution is 7.09. The highest BCUT2D eigenvalue weighted by atomic mass is 32.1. The maximum atomic E-state index is 5.79. The van der Waals surface area contributed by atoms with Gasteiger partial charge in [-0.05, 0) is 26.0 Å². The van der Waals surface area contributed by atoms with Crippen LogP contribution < -0.4 is 11.1 Å². The van der Waals surface area contributed by atoms with Crippen molar-refractivity contribution >= 4 is 34.0 Å². The Hall–Kier alpha value is -2.21. The molecule has 3 rings (SSSR count). The number of aromatic nitrogens is 3. The Morgan fingerprint density at radius 3 is 2.75 bits per heavy atom. The van der Waals surface area contributed by atoms with Crippen molar-refractivity contribution < 1.29 is 0 Å². The normalized spacial score (nSPS) is 11.7. The van der Waals surface area contributed by atoms with Crippen LogP contribution in [0, 0.1) is 0 Å². The lowest BCUT2D eigenvalue weighted by Crippen LogP contribution is -2.28. The Morgan fingerprint density at radius 1 is 1.20 bits per heavy atom. The lowest BCUT2D eigenvalue weighted by atomic mass is 10.1. The van der Waals surface area contributed by atoms with E-state index in [0.29, 0.717) is 0 Å². The number of thiazole rings is 1. The topological polar surface area (TPSA) is 76.7 Å². The summed E-state index contributed by atoms with van der Waals surface area (Å²) in [5.41, 5.74) is 6.30. The molecule has 102 valence electrons. The number of nitrogens with one attached hydrogen (secondary N) is 1. The van der Waals surface area contributed by atoms with E-state index in [2.05, 4.69) is 34.1 Å². The zero-order valence-corrected chi connectivity index (χ0v) is 12.1. The number of nitrogens with two attached hydrogens (primary N) is 1. The zero-order valence-electron chi connectivity index (χ0n) is 11.3. The fourth-order valence-electron chi connectivity index (χ4n) is 2.07. The van der Waals surface area contributed by atoms with Gasteiger partial charge in [0.1, 0.15) is 10.8 Å². The summed E-state index contributed by atoms with van der Waals surface area (Å²) < 4.78 is 0. The first-order chi connectivity index (χ1) is 9.56. The predicted molar refractivity (Wildman–Crippen MR) is 82.7 cm³/mol. The van der Waals surface area contributed by atoms with E-state index in [-0.39, 0.29) is 11.5 Å². The van der Waals surface area contributed by atoms with Gasteiger partial charge in [-0.1, -0.05) is 12.1 Å². The molecule has 3 N–H and O–H groups in total.